The van der Waals surface area contributed by atoms with Crippen LogP contribution in [-0.4, -0.2) is 16.1 Å². The number of hydrogen-bond acceptors (Lipinski definition) is 3. The summed E-state index contributed by atoms with van der Waals surface area (Å²) in [6, 6.07) is 10.7. The molecule has 104 valence electrons. The monoisotopic (exact) mass is 271 g/mol. The van der Waals surface area contributed by atoms with Gasteiger partial charge in [-0.05, 0) is 42.7 Å². The third-order valence-electron chi connectivity index (χ3n) is 2.96. The highest BCUT2D eigenvalue weighted by atomic mass is 16.5. The molecule has 1 aromatic carbocycles. The molecular formula is C16H17NO3. The van der Waals surface area contributed by atoms with E-state index in [0.29, 0.717) is 5.75 Å². The average molecular weight is 271 g/mol. The average Bonchev–Trinajstić information content (AvgIpc) is 2.47. The van der Waals surface area contributed by atoms with Crippen molar-refractivity contribution in [1.82, 2.24) is 4.98 Å². The molecule has 0 radical (unpaired) electrons. The second-order valence-electron chi connectivity index (χ2n) is 4.51. The molecule has 2 aromatic rings. The Hall–Kier alpha value is -2.36. The lowest BCUT2D eigenvalue weighted by atomic mass is 10.1. The number of carbonyl (C=O) groups is 1. The first-order valence-corrected chi connectivity index (χ1v) is 6.66. The summed E-state index contributed by atoms with van der Waals surface area (Å²) < 4.78 is 5.54. The van der Waals surface area contributed by atoms with Crippen LogP contribution >= 0.6 is 0 Å². The summed E-state index contributed by atoms with van der Waals surface area (Å²) in [7, 11) is 0. The highest BCUT2D eigenvalue weighted by Crippen LogP contribution is 2.23. The fourth-order valence-corrected chi connectivity index (χ4v) is 1.85. The van der Waals surface area contributed by atoms with E-state index in [1.807, 2.05) is 24.3 Å². The van der Waals surface area contributed by atoms with Gasteiger partial charge in [0.25, 0.3) is 0 Å². The second kappa shape index (κ2) is 6.70. The van der Waals surface area contributed by atoms with Crippen molar-refractivity contribution in [3.63, 3.8) is 0 Å². The minimum absolute atomic E-state index is 0.0579. The molecule has 0 aliphatic carbocycles. The normalized spacial score (nSPS) is 10.2. The van der Waals surface area contributed by atoms with E-state index in [2.05, 4.69) is 11.9 Å². The van der Waals surface area contributed by atoms with Crippen LogP contribution in [0.3, 0.4) is 0 Å². The van der Waals surface area contributed by atoms with Gasteiger partial charge >= 0.3 is 5.97 Å². The number of benzene rings is 1. The van der Waals surface area contributed by atoms with Crippen LogP contribution < -0.4 is 4.74 Å². The molecule has 0 fully saturated rings. The fourth-order valence-electron chi connectivity index (χ4n) is 1.85. The van der Waals surface area contributed by atoms with Crippen LogP contribution in [0.4, 0.5) is 0 Å². The Labute approximate surface area is 118 Å². The Kier molecular flexibility index (Phi) is 4.71. The van der Waals surface area contributed by atoms with Crippen LogP contribution in [0.5, 0.6) is 11.6 Å². The summed E-state index contributed by atoms with van der Waals surface area (Å²) in [5.74, 6) is -0.347. The molecule has 0 saturated heterocycles. The summed E-state index contributed by atoms with van der Waals surface area (Å²) in [5.41, 5.74) is 1.31. The standard InChI is InChI=1S/C16H17NO3/c1-2-3-5-12-7-9-13(10-8-12)20-15-14(16(18)19)6-4-11-17-15/h4,6-11H,2-3,5H2,1H3,(H,18,19). The van der Waals surface area contributed by atoms with Crippen molar-refractivity contribution < 1.29 is 14.6 Å². The summed E-state index contributed by atoms with van der Waals surface area (Å²) in [5, 5.41) is 9.06. The van der Waals surface area contributed by atoms with Gasteiger partial charge in [0.1, 0.15) is 11.3 Å². The van der Waals surface area contributed by atoms with Crippen molar-refractivity contribution in [3.8, 4) is 11.6 Å². The predicted octanol–water partition coefficient (Wildman–Crippen LogP) is 3.91. The molecule has 0 aliphatic rings. The summed E-state index contributed by atoms with van der Waals surface area (Å²) in [6.07, 6.45) is 4.87. The fraction of sp³-hybridized carbons (Fsp3) is 0.250. The molecule has 0 saturated carbocycles. The van der Waals surface area contributed by atoms with Gasteiger partial charge in [-0.25, -0.2) is 9.78 Å². The van der Waals surface area contributed by atoms with E-state index in [1.165, 1.54) is 17.8 Å². The van der Waals surface area contributed by atoms with Crippen LogP contribution in [0.2, 0.25) is 0 Å². The molecule has 0 aliphatic heterocycles. The number of hydrogen-bond donors (Lipinski definition) is 1. The van der Waals surface area contributed by atoms with Gasteiger partial charge in [-0.15, -0.1) is 0 Å². The van der Waals surface area contributed by atoms with Crippen molar-refractivity contribution in [1.29, 1.82) is 0 Å². The van der Waals surface area contributed by atoms with Gasteiger partial charge in [0.2, 0.25) is 5.88 Å². The highest BCUT2D eigenvalue weighted by molar-refractivity contribution is 5.90. The smallest absolute Gasteiger partial charge is 0.341 e. The third-order valence-corrected chi connectivity index (χ3v) is 2.96. The zero-order valence-corrected chi connectivity index (χ0v) is 11.4. The molecule has 2 rings (SSSR count). The molecule has 4 nitrogen and oxygen atoms in total. The maximum Gasteiger partial charge on any atom is 0.341 e. The maximum atomic E-state index is 11.1. The van der Waals surface area contributed by atoms with Crippen LogP contribution in [0.1, 0.15) is 35.7 Å². The van der Waals surface area contributed by atoms with Crippen LogP contribution in [0, 0.1) is 0 Å². The number of aryl methyl sites for hydroxylation is 1. The van der Waals surface area contributed by atoms with Gasteiger partial charge in [0.05, 0.1) is 0 Å². The number of aromatic nitrogens is 1. The Morgan fingerprint density at radius 2 is 2.00 bits per heavy atom. The van der Waals surface area contributed by atoms with Crippen LogP contribution in [-0.2, 0) is 6.42 Å². The zero-order chi connectivity index (χ0) is 14.4. The van der Waals surface area contributed by atoms with Crippen molar-refractivity contribution >= 4 is 5.97 Å². The Morgan fingerprint density at radius 3 is 2.65 bits per heavy atom. The summed E-state index contributed by atoms with van der Waals surface area (Å²) >= 11 is 0. The number of rotatable bonds is 6. The molecule has 0 amide bonds. The number of unbranched alkanes of at least 4 members (excludes halogenated alkanes) is 1. The topological polar surface area (TPSA) is 59.4 Å². The Morgan fingerprint density at radius 1 is 1.25 bits per heavy atom. The molecule has 4 heteroatoms. The van der Waals surface area contributed by atoms with Crippen LogP contribution in [0.25, 0.3) is 0 Å². The molecule has 1 aromatic heterocycles. The zero-order valence-electron chi connectivity index (χ0n) is 11.4. The number of pyridine rings is 1. The van der Waals surface area contributed by atoms with Gasteiger partial charge in [-0.1, -0.05) is 25.5 Å². The molecule has 0 spiro atoms. The molecule has 1 heterocycles. The van der Waals surface area contributed by atoms with Crippen molar-refractivity contribution in [2.45, 2.75) is 26.2 Å². The van der Waals surface area contributed by atoms with Crippen molar-refractivity contribution in [2.75, 3.05) is 0 Å². The molecular weight excluding hydrogens is 254 g/mol. The molecule has 20 heavy (non-hydrogen) atoms. The second-order valence-corrected chi connectivity index (χ2v) is 4.51. The Balaban J connectivity index is 2.12. The highest BCUT2D eigenvalue weighted by Gasteiger charge is 2.12. The lowest BCUT2D eigenvalue weighted by Gasteiger charge is -2.08. The van der Waals surface area contributed by atoms with E-state index in [4.69, 9.17) is 9.84 Å². The van der Waals surface area contributed by atoms with Gasteiger partial charge < -0.3 is 9.84 Å². The largest absolute Gasteiger partial charge is 0.477 e. The van der Waals surface area contributed by atoms with E-state index in [9.17, 15) is 4.79 Å². The number of nitrogens with zero attached hydrogens (tertiary/aromatic N) is 1. The SMILES string of the molecule is CCCCc1ccc(Oc2ncccc2C(=O)O)cc1. The van der Waals surface area contributed by atoms with Gasteiger partial charge in [-0.3, -0.25) is 0 Å². The summed E-state index contributed by atoms with van der Waals surface area (Å²) in [4.78, 5) is 15.0. The van der Waals surface area contributed by atoms with Crippen molar-refractivity contribution in [2.24, 2.45) is 0 Å². The van der Waals surface area contributed by atoms with Crippen molar-refractivity contribution in [3.05, 3.63) is 53.7 Å². The summed E-state index contributed by atoms with van der Waals surface area (Å²) in [6.45, 7) is 2.16. The van der Waals surface area contributed by atoms with E-state index in [1.54, 1.807) is 6.07 Å². The quantitative estimate of drug-likeness (QED) is 0.865. The maximum absolute atomic E-state index is 11.1. The molecule has 0 bridgehead atoms. The number of ether oxygens (including phenoxy) is 1. The number of carboxylic acid groups (broad SMARTS) is 1. The van der Waals surface area contributed by atoms with E-state index >= 15 is 0 Å². The Bertz CT molecular complexity index is 579. The minimum Gasteiger partial charge on any atom is -0.477 e. The molecule has 0 atom stereocenters. The van der Waals surface area contributed by atoms with E-state index in [0.717, 1.165) is 19.3 Å². The lowest BCUT2D eigenvalue weighted by molar-refractivity contribution is 0.0693. The minimum atomic E-state index is -1.05. The van der Waals surface area contributed by atoms with Gasteiger partial charge in [0.15, 0.2) is 0 Å². The van der Waals surface area contributed by atoms with E-state index < -0.39 is 5.97 Å². The van der Waals surface area contributed by atoms with E-state index in [-0.39, 0.29) is 11.4 Å². The first-order chi connectivity index (χ1) is 9.70. The molecule has 0 unspecified atom stereocenters. The predicted molar refractivity (Wildman–Crippen MR) is 76.3 cm³/mol. The lowest BCUT2D eigenvalue weighted by Crippen LogP contribution is -2.01. The first kappa shape index (κ1) is 14.1. The first-order valence-electron chi connectivity index (χ1n) is 6.66. The third kappa shape index (κ3) is 3.57. The van der Waals surface area contributed by atoms with Crippen LogP contribution in [0.15, 0.2) is 42.6 Å². The number of aromatic carboxylic acids is 1. The number of carboxylic acids is 1. The van der Waals surface area contributed by atoms with Gasteiger partial charge in [0, 0.05) is 6.20 Å². The van der Waals surface area contributed by atoms with Gasteiger partial charge in [-0.2, -0.15) is 0 Å². The molecule has 1 N–H and O–H groups in total.